The van der Waals surface area contributed by atoms with Crippen LogP contribution in [0.1, 0.15) is 12.0 Å². The van der Waals surface area contributed by atoms with Gasteiger partial charge in [-0.05, 0) is 37.3 Å². The molecule has 2 amide bonds. The molecule has 2 N–H and O–H groups in total. The van der Waals surface area contributed by atoms with E-state index in [0.717, 1.165) is 12.0 Å². The van der Waals surface area contributed by atoms with Gasteiger partial charge in [-0.15, -0.1) is 0 Å². The zero-order valence-corrected chi connectivity index (χ0v) is 15.1. The molecular formula is C17H19Cl2N3O3. The Morgan fingerprint density at radius 2 is 2.12 bits per heavy atom. The quantitative estimate of drug-likeness (QED) is 0.534. The van der Waals surface area contributed by atoms with Crippen molar-refractivity contribution in [3.63, 3.8) is 0 Å². The van der Waals surface area contributed by atoms with Gasteiger partial charge in [-0.3, -0.25) is 14.6 Å². The molecule has 6 nitrogen and oxygen atoms in total. The summed E-state index contributed by atoms with van der Waals surface area (Å²) in [6, 6.07) is 5.41. The molecule has 0 spiro atoms. The molecule has 2 rings (SSSR count). The van der Waals surface area contributed by atoms with E-state index in [-0.39, 0.29) is 12.1 Å². The minimum atomic E-state index is -0.551. The van der Waals surface area contributed by atoms with E-state index < -0.39 is 17.6 Å². The third-order valence-corrected chi connectivity index (χ3v) is 4.58. The lowest BCUT2D eigenvalue weighted by Gasteiger charge is -2.14. The van der Waals surface area contributed by atoms with Crippen molar-refractivity contribution in [2.75, 3.05) is 26.2 Å². The molecule has 0 fully saturated rings. The Morgan fingerprint density at radius 1 is 1.36 bits per heavy atom. The average Bonchev–Trinajstić information content (AvgIpc) is 2.88. The molecule has 25 heavy (non-hydrogen) atoms. The summed E-state index contributed by atoms with van der Waals surface area (Å²) in [4.78, 5) is 29.0. The molecule has 0 atom stereocenters. The molecular weight excluding hydrogens is 365 g/mol. The van der Waals surface area contributed by atoms with Gasteiger partial charge in [0, 0.05) is 13.1 Å². The van der Waals surface area contributed by atoms with Gasteiger partial charge in [0.05, 0.1) is 28.7 Å². The first kappa shape index (κ1) is 19.3. The van der Waals surface area contributed by atoms with Crippen LogP contribution >= 0.6 is 23.2 Å². The monoisotopic (exact) mass is 383 g/mol. The minimum absolute atomic E-state index is 0.0822. The number of nitrogens with zero attached hydrogens (tertiary/aromatic N) is 2. The number of aliphatic imine (C=N–C) groups is 1. The highest BCUT2D eigenvalue weighted by atomic mass is 35.5. The lowest BCUT2D eigenvalue weighted by atomic mass is 10.1. The van der Waals surface area contributed by atoms with Crippen LogP contribution in [-0.4, -0.2) is 54.7 Å². The van der Waals surface area contributed by atoms with Crippen LogP contribution in [-0.2, 0) is 16.0 Å². The third kappa shape index (κ3) is 4.96. The van der Waals surface area contributed by atoms with E-state index in [1.807, 2.05) is 6.07 Å². The number of carbonyl (C=O) groups excluding carboxylic acids is 2. The maximum Gasteiger partial charge on any atom is 0.289 e. The Kier molecular flexibility index (Phi) is 6.84. The van der Waals surface area contributed by atoms with Crippen molar-refractivity contribution in [2.24, 2.45) is 4.99 Å². The van der Waals surface area contributed by atoms with Gasteiger partial charge in [0.2, 0.25) is 0 Å². The molecule has 134 valence electrons. The first-order chi connectivity index (χ1) is 11.9. The van der Waals surface area contributed by atoms with Gasteiger partial charge in [-0.25, -0.2) is 0 Å². The molecule has 0 radical (unpaired) electrons. The topological polar surface area (TPSA) is 82.0 Å². The number of rotatable bonds is 8. The standard InChI is InChI=1S/C17H19Cl2N3O3/c1-20-7-8-22-10-12(15(23)17(22)25)16(24)21-6-2-3-11-4-5-13(18)14(19)9-11/h4-5,9,23H,1-3,6-8,10H2,(H,21,24). The van der Waals surface area contributed by atoms with Crippen LogP contribution in [0, 0.1) is 0 Å². The Bertz CT molecular complexity index is 719. The van der Waals surface area contributed by atoms with Crippen LogP contribution in [0.5, 0.6) is 0 Å². The summed E-state index contributed by atoms with van der Waals surface area (Å²) in [7, 11) is 0. The van der Waals surface area contributed by atoms with Gasteiger partial charge in [0.1, 0.15) is 0 Å². The highest BCUT2D eigenvalue weighted by Gasteiger charge is 2.33. The summed E-state index contributed by atoms with van der Waals surface area (Å²) in [5.74, 6) is -1.48. The van der Waals surface area contributed by atoms with E-state index >= 15 is 0 Å². The minimum Gasteiger partial charge on any atom is -0.503 e. The predicted octanol–water partition coefficient (Wildman–Crippen LogP) is 2.40. The number of hydrogen-bond acceptors (Lipinski definition) is 4. The van der Waals surface area contributed by atoms with Crippen molar-refractivity contribution in [2.45, 2.75) is 12.8 Å². The SMILES string of the molecule is C=NCCN1CC(C(=O)NCCCc2ccc(Cl)c(Cl)c2)=C(O)C1=O. The predicted molar refractivity (Wildman–Crippen MR) is 98.4 cm³/mol. The molecule has 0 aliphatic carbocycles. The Morgan fingerprint density at radius 3 is 2.80 bits per heavy atom. The summed E-state index contributed by atoms with van der Waals surface area (Å²) in [5.41, 5.74) is 1.11. The zero-order chi connectivity index (χ0) is 18.4. The van der Waals surface area contributed by atoms with Crippen molar-refractivity contribution >= 4 is 41.7 Å². The van der Waals surface area contributed by atoms with Crippen molar-refractivity contribution in [1.29, 1.82) is 0 Å². The number of halogens is 2. The van der Waals surface area contributed by atoms with Gasteiger partial charge in [-0.2, -0.15) is 0 Å². The van der Waals surface area contributed by atoms with Crippen LogP contribution in [0.3, 0.4) is 0 Å². The zero-order valence-electron chi connectivity index (χ0n) is 13.6. The maximum atomic E-state index is 12.1. The van der Waals surface area contributed by atoms with E-state index in [0.29, 0.717) is 36.1 Å². The smallest absolute Gasteiger partial charge is 0.289 e. The van der Waals surface area contributed by atoms with Gasteiger partial charge in [0.25, 0.3) is 11.8 Å². The summed E-state index contributed by atoms with van der Waals surface area (Å²) in [6.45, 7) is 4.52. The summed E-state index contributed by atoms with van der Waals surface area (Å²) >= 11 is 11.8. The van der Waals surface area contributed by atoms with E-state index in [2.05, 4.69) is 17.0 Å². The fourth-order valence-corrected chi connectivity index (χ4v) is 2.78. The molecule has 1 aliphatic heterocycles. The molecule has 1 heterocycles. The average molecular weight is 384 g/mol. The molecule has 1 aromatic rings. The Labute approximate surface area is 156 Å². The number of benzene rings is 1. The number of amides is 2. The molecule has 8 heteroatoms. The van der Waals surface area contributed by atoms with E-state index in [1.54, 1.807) is 12.1 Å². The number of aliphatic hydroxyl groups is 1. The number of aryl methyl sites for hydroxylation is 1. The lowest BCUT2D eigenvalue weighted by Crippen LogP contribution is -2.32. The molecule has 0 saturated heterocycles. The molecule has 1 aromatic carbocycles. The maximum absolute atomic E-state index is 12.1. The van der Waals surface area contributed by atoms with Crippen LogP contribution in [0.25, 0.3) is 0 Å². The fourth-order valence-electron chi connectivity index (χ4n) is 2.46. The fraction of sp³-hybridized carbons (Fsp3) is 0.353. The van der Waals surface area contributed by atoms with Gasteiger partial charge in [-0.1, -0.05) is 29.3 Å². The second-order valence-corrected chi connectivity index (χ2v) is 6.42. The van der Waals surface area contributed by atoms with Crippen molar-refractivity contribution < 1.29 is 14.7 Å². The molecule has 0 aromatic heterocycles. The van der Waals surface area contributed by atoms with Gasteiger partial charge in [0.15, 0.2) is 5.76 Å². The molecule has 0 saturated carbocycles. The number of aliphatic hydroxyl groups excluding tert-OH is 1. The van der Waals surface area contributed by atoms with E-state index in [4.69, 9.17) is 23.2 Å². The summed E-state index contributed by atoms with van der Waals surface area (Å²) in [6.07, 6.45) is 1.41. The molecule has 1 aliphatic rings. The second-order valence-electron chi connectivity index (χ2n) is 5.61. The lowest BCUT2D eigenvalue weighted by molar-refractivity contribution is -0.127. The van der Waals surface area contributed by atoms with Crippen molar-refractivity contribution in [3.05, 3.63) is 45.1 Å². The van der Waals surface area contributed by atoms with Gasteiger partial charge < -0.3 is 15.3 Å². The molecule has 0 unspecified atom stereocenters. The summed E-state index contributed by atoms with van der Waals surface area (Å²) in [5, 5.41) is 13.6. The van der Waals surface area contributed by atoms with Gasteiger partial charge >= 0.3 is 0 Å². The van der Waals surface area contributed by atoms with Crippen molar-refractivity contribution in [1.82, 2.24) is 10.2 Å². The van der Waals surface area contributed by atoms with Crippen LogP contribution < -0.4 is 5.32 Å². The van der Waals surface area contributed by atoms with Crippen LogP contribution in [0.4, 0.5) is 0 Å². The first-order valence-electron chi connectivity index (χ1n) is 7.80. The summed E-state index contributed by atoms with van der Waals surface area (Å²) < 4.78 is 0. The third-order valence-electron chi connectivity index (χ3n) is 3.84. The van der Waals surface area contributed by atoms with Crippen molar-refractivity contribution in [3.8, 4) is 0 Å². The van der Waals surface area contributed by atoms with E-state index in [9.17, 15) is 14.7 Å². The van der Waals surface area contributed by atoms with E-state index in [1.165, 1.54) is 4.90 Å². The highest BCUT2D eigenvalue weighted by molar-refractivity contribution is 6.42. The number of hydrogen-bond donors (Lipinski definition) is 2. The Hall–Kier alpha value is -2.05. The Balaban J connectivity index is 1.81. The van der Waals surface area contributed by atoms with Crippen LogP contribution in [0.15, 0.2) is 34.5 Å². The first-order valence-corrected chi connectivity index (χ1v) is 8.55. The van der Waals surface area contributed by atoms with Crippen LogP contribution in [0.2, 0.25) is 10.0 Å². The molecule has 0 bridgehead atoms. The normalized spacial score (nSPS) is 14.2. The second kappa shape index (κ2) is 8.87. The number of nitrogens with one attached hydrogen (secondary N) is 1. The highest BCUT2D eigenvalue weighted by Crippen LogP contribution is 2.23. The number of carbonyl (C=O) groups is 2. The largest absolute Gasteiger partial charge is 0.503 e.